The van der Waals surface area contributed by atoms with Crippen LogP contribution >= 0.6 is 0 Å². The smallest absolute Gasteiger partial charge is 0.150 e. The minimum Gasteiger partial charge on any atom is -0.298 e. The van der Waals surface area contributed by atoms with E-state index in [-0.39, 0.29) is 34.1 Å². The SMILES string of the molecule is O=Cc1cc(C=C[c-]2cccc2)cc(C=C[c-]2cccc2)c1.[Fe].[Fe].c1cc[cH-]c1.c1cc[cH-]c1. The van der Waals surface area contributed by atoms with E-state index in [0.717, 1.165) is 28.5 Å². The molecule has 5 aromatic carbocycles. The summed E-state index contributed by atoms with van der Waals surface area (Å²) in [5.41, 5.74) is 5.04. The summed E-state index contributed by atoms with van der Waals surface area (Å²) >= 11 is 0. The molecule has 0 bridgehead atoms. The van der Waals surface area contributed by atoms with E-state index in [1.807, 2.05) is 109 Å². The Bertz CT molecular complexity index is 1040. The van der Waals surface area contributed by atoms with Crippen molar-refractivity contribution in [3.8, 4) is 0 Å². The molecular weight excluding hydrogens is 500 g/mol. The minimum atomic E-state index is 0. The van der Waals surface area contributed by atoms with Gasteiger partial charge in [-0.2, -0.15) is 60.7 Å². The molecule has 0 radical (unpaired) electrons. The molecule has 0 unspecified atom stereocenters. The molecule has 0 amide bonds. The Kier molecular flexibility index (Phi) is 14.7. The fourth-order valence-corrected chi connectivity index (χ4v) is 2.99. The van der Waals surface area contributed by atoms with E-state index in [9.17, 15) is 4.79 Å². The van der Waals surface area contributed by atoms with Gasteiger partial charge in [-0.25, -0.2) is 24.3 Å². The third-order valence-electron chi connectivity index (χ3n) is 4.56. The monoisotopic (exact) mass is 526 g/mol. The van der Waals surface area contributed by atoms with Crippen LogP contribution in [0, 0.1) is 0 Å². The van der Waals surface area contributed by atoms with Gasteiger partial charge in [0.05, 0.1) is 0 Å². The first-order valence-electron chi connectivity index (χ1n) is 10.6. The summed E-state index contributed by atoms with van der Waals surface area (Å²) in [4.78, 5) is 11.1. The number of carbonyl (C=O) groups excluding carboxylic acids is 1. The number of carbonyl (C=O) groups is 1. The second kappa shape index (κ2) is 17.3. The van der Waals surface area contributed by atoms with Crippen molar-refractivity contribution in [3.05, 3.63) is 155 Å². The summed E-state index contributed by atoms with van der Waals surface area (Å²) in [5, 5.41) is 0. The van der Waals surface area contributed by atoms with Gasteiger partial charge in [0.15, 0.2) is 0 Å². The summed E-state index contributed by atoms with van der Waals surface area (Å²) in [6.07, 6.45) is 9.05. The molecule has 0 aromatic heterocycles. The molecule has 0 heterocycles. The molecule has 0 saturated carbocycles. The Morgan fingerprint density at radius 1 is 0.529 bits per heavy atom. The van der Waals surface area contributed by atoms with Gasteiger partial charge in [-0.15, -0.1) is 59.7 Å². The molecule has 1 nitrogen and oxygen atoms in total. The Labute approximate surface area is 223 Å². The topological polar surface area (TPSA) is 17.1 Å². The van der Waals surface area contributed by atoms with Gasteiger partial charge in [0.2, 0.25) is 0 Å². The number of rotatable bonds is 5. The van der Waals surface area contributed by atoms with E-state index >= 15 is 0 Å². The summed E-state index contributed by atoms with van der Waals surface area (Å²) in [6, 6.07) is 42.1. The third-order valence-corrected chi connectivity index (χ3v) is 4.56. The maximum atomic E-state index is 11.1. The summed E-state index contributed by atoms with van der Waals surface area (Å²) < 4.78 is 0. The Morgan fingerprint density at radius 3 is 1.18 bits per heavy atom. The number of benzene rings is 1. The van der Waals surface area contributed by atoms with E-state index in [4.69, 9.17) is 0 Å². The van der Waals surface area contributed by atoms with E-state index in [1.54, 1.807) is 0 Å². The molecule has 0 fully saturated rings. The van der Waals surface area contributed by atoms with Crippen molar-refractivity contribution >= 4 is 30.6 Å². The van der Waals surface area contributed by atoms with Crippen molar-refractivity contribution in [2.24, 2.45) is 0 Å². The number of hydrogen-bond acceptors (Lipinski definition) is 1. The van der Waals surface area contributed by atoms with Crippen molar-refractivity contribution in [1.82, 2.24) is 0 Å². The molecule has 34 heavy (non-hydrogen) atoms. The van der Waals surface area contributed by atoms with E-state index < -0.39 is 0 Å². The quantitative estimate of drug-likeness (QED) is 0.129. The van der Waals surface area contributed by atoms with E-state index in [0.29, 0.717) is 5.56 Å². The van der Waals surface area contributed by atoms with Crippen molar-refractivity contribution < 1.29 is 38.9 Å². The van der Waals surface area contributed by atoms with Crippen LogP contribution in [0.5, 0.6) is 0 Å². The predicted octanol–water partition coefficient (Wildman–Crippen LogP) is 8.08. The van der Waals surface area contributed by atoms with Crippen LogP contribution in [0.1, 0.15) is 32.6 Å². The Balaban J connectivity index is 0.000000399. The van der Waals surface area contributed by atoms with Gasteiger partial charge in [0.1, 0.15) is 6.29 Å². The molecule has 3 heteroatoms. The van der Waals surface area contributed by atoms with Crippen molar-refractivity contribution in [3.63, 3.8) is 0 Å². The normalized spacial score (nSPS) is 9.76. The summed E-state index contributed by atoms with van der Waals surface area (Å²) in [6.45, 7) is 0. The van der Waals surface area contributed by atoms with Crippen LogP contribution in [0.4, 0.5) is 0 Å². The molecule has 5 aromatic rings. The molecule has 0 atom stereocenters. The summed E-state index contributed by atoms with van der Waals surface area (Å²) in [7, 11) is 0. The van der Waals surface area contributed by atoms with E-state index in [2.05, 4.69) is 42.5 Å². The number of hydrogen-bond donors (Lipinski definition) is 0. The second-order valence-corrected chi connectivity index (χ2v) is 7.08. The molecule has 0 aliphatic carbocycles. The molecule has 0 aliphatic rings. The number of aldehydes is 1. The Hall–Kier alpha value is -3.19. The molecule has 0 N–H and O–H groups in total. The fourth-order valence-electron chi connectivity index (χ4n) is 2.99. The van der Waals surface area contributed by atoms with Crippen LogP contribution < -0.4 is 0 Å². The Morgan fingerprint density at radius 2 is 0.882 bits per heavy atom. The largest absolute Gasteiger partial charge is 0.298 e. The zero-order valence-electron chi connectivity index (χ0n) is 18.6. The van der Waals surface area contributed by atoms with Crippen LogP contribution in [0.2, 0.25) is 0 Å². The van der Waals surface area contributed by atoms with Crippen LogP contribution in [-0.2, 0) is 34.1 Å². The van der Waals surface area contributed by atoms with Crippen molar-refractivity contribution in [1.29, 1.82) is 0 Å². The molecule has 0 aliphatic heterocycles. The zero-order chi connectivity index (χ0) is 22.3. The maximum Gasteiger partial charge on any atom is 0.150 e. The predicted molar refractivity (Wildman–Crippen MR) is 138 cm³/mol. The van der Waals surface area contributed by atoms with E-state index in [1.165, 1.54) is 0 Å². The maximum absolute atomic E-state index is 11.1. The van der Waals surface area contributed by atoms with Crippen LogP contribution in [0.3, 0.4) is 0 Å². The minimum absolute atomic E-state index is 0. The van der Waals surface area contributed by atoms with Crippen LogP contribution in [0.25, 0.3) is 24.3 Å². The first-order valence-corrected chi connectivity index (χ1v) is 10.6. The molecule has 0 spiro atoms. The van der Waals surface area contributed by atoms with Crippen LogP contribution in [-0.4, -0.2) is 6.29 Å². The first-order chi connectivity index (χ1) is 15.8. The molecule has 0 saturated heterocycles. The van der Waals surface area contributed by atoms with Crippen molar-refractivity contribution in [2.75, 3.05) is 0 Å². The second-order valence-electron chi connectivity index (χ2n) is 7.08. The zero-order valence-corrected chi connectivity index (χ0v) is 20.8. The molecular formula is C31H26Fe2O-4. The first kappa shape index (κ1) is 28.8. The third kappa shape index (κ3) is 11.1. The van der Waals surface area contributed by atoms with Gasteiger partial charge < -0.3 is 0 Å². The van der Waals surface area contributed by atoms with Gasteiger partial charge in [-0.1, -0.05) is 29.3 Å². The summed E-state index contributed by atoms with van der Waals surface area (Å²) in [5.74, 6) is 0. The van der Waals surface area contributed by atoms with Gasteiger partial charge in [0, 0.05) is 39.7 Å². The van der Waals surface area contributed by atoms with Gasteiger partial charge in [-0.3, -0.25) is 4.79 Å². The van der Waals surface area contributed by atoms with Crippen molar-refractivity contribution in [2.45, 2.75) is 0 Å². The van der Waals surface area contributed by atoms with Gasteiger partial charge >= 0.3 is 0 Å². The van der Waals surface area contributed by atoms with Gasteiger partial charge in [-0.05, 0) is 0 Å². The standard InChI is InChI=1S/C21H16O.2C5H5.2Fe/c22-16-21-14-19(11-9-17-5-1-2-6-17)13-20(15-21)12-10-18-7-3-4-8-18;2*1-2-4-5-3-1;;/h1-16H;2*1-5H;;/q-2;2*-1;;. The molecule has 176 valence electrons. The average Bonchev–Trinajstić information content (AvgIpc) is 3.65. The van der Waals surface area contributed by atoms with Gasteiger partial charge in [0.25, 0.3) is 0 Å². The average molecular weight is 526 g/mol. The fraction of sp³-hybridized carbons (Fsp3) is 0. The molecule has 5 rings (SSSR count). The van der Waals surface area contributed by atoms with Crippen LogP contribution in [0.15, 0.2) is 127 Å².